The number of hydrogen-bond donors (Lipinski definition) is 2. The summed E-state index contributed by atoms with van der Waals surface area (Å²) >= 11 is 0. The minimum absolute atomic E-state index is 0.0389. The van der Waals surface area contributed by atoms with Gasteiger partial charge in [0, 0.05) is 31.3 Å². The molecule has 0 aromatic heterocycles. The largest absolute Gasteiger partial charge is 0.395 e. The van der Waals surface area contributed by atoms with Crippen molar-refractivity contribution in [3.63, 3.8) is 0 Å². The predicted octanol–water partition coefficient (Wildman–Crippen LogP) is 1.31. The summed E-state index contributed by atoms with van der Waals surface area (Å²) in [5.41, 5.74) is 0.739. The van der Waals surface area contributed by atoms with E-state index < -0.39 is 4.92 Å². The molecule has 1 aliphatic carbocycles. The van der Waals surface area contributed by atoms with E-state index in [2.05, 4.69) is 5.32 Å². The fraction of sp³-hybridized carbons (Fsp3) is 0.500. The average molecular weight is 293 g/mol. The van der Waals surface area contributed by atoms with Crippen molar-refractivity contribution in [2.45, 2.75) is 25.3 Å². The van der Waals surface area contributed by atoms with Gasteiger partial charge in [-0.15, -0.1) is 0 Å². The third-order valence-corrected chi connectivity index (χ3v) is 3.83. The Morgan fingerprint density at radius 3 is 2.71 bits per heavy atom. The predicted molar refractivity (Wildman–Crippen MR) is 78.6 cm³/mol. The van der Waals surface area contributed by atoms with Crippen LogP contribution in [-0.2, 0) is 0 Å². The molecule has 114 valence electrons. The van der Waals surface area contributed by atoms with Crippen LogP contribution in [0.15, 0.2) is 18.2 Å². The summed E-state index contributed by atoms with van der Waals surface area (Å²) in [4.78, 5) is 24.3. The van der Waals surface area contributed by atoms with Crippen LogP contribution in [0, 0.1) is 10.1 Å². The molecule has 0 unspecified atom stereocenters. The van der Waals surface area contributed by atoms with Crippen LogP contribution in [-0.4, -0.2) is 42.2 Å². The molecule has 0 radical (unpaired) electrons. The molecule has 1 aromatic rings. The van der Waals surface area contributed by atoms with Gasteiger partial charge >= 0.3 is 0 Å². The summed E-state index contributed by atoms with van der Waals surface area (Å²) < 4.78 is 0. The average Bonchev–Trinajstić information content (AvgIpc) is 2.43. The molecule has 1 saturated carbocycles. The highest BCUT2D eigenvalue weighted by molar-refractivity contribution is 5.95. The number of nitrogens with zero attached hydrogens (tertiary/aromatic N) is 2. The molecule has 0 heterocycles. The molecule has 0 atom stereocenters. The number of benzene rings is 1. The summed E-state index contributed by atoms with van der Waals surface area (Å²) in [6, 6.07) is 4.52. The maximum absolute atomic E-state index is 11.7. The van der Waals surface area contributed by atoms with E-state index in [0.29, 0.717) is 17.8 Å². The number of aliphatic hydroxyl groups excluding tert-OH is 1. The van der Waals surface area contributed by atoms with Crippen molar-refractivity contribution in [2.24, 2.45) is 0 Å². The molecule has 0 spiro atoms. The zero-order valence-corrected chi connectivity index (χ0v) is 11.9. The van der Waals surface area contributed by atoms with Crippen LogP contribution in [0.1, 0.15) is 29.6 Å². The Balaban J connectivity index is 2.44. The summed E-state index contributed by atoms with van der Waals surface area (Å²) in [6.45, 7) is 0.237. The van der Waals surface area contributed by atoms with Crippen LogP contribution in [0.5, 0.6) is 0 Å². The van der Waals surface area contributed by atoms with Gasteiger partial charge in [-0.3, -0.25) is 14.9 Å². The molecule has 1 fully saturated rings. The lowest BCUT2D eigenvalue weighted by Crippen LogP contribution is -2.42. The number of rotatable bonds is 6. The fourth-order valence-electron chi connectivity index (χ4n) is 2.50. The van der Waals surface area contributed by atoms with Gasteiger partial charge < -0.3 is 15.3 Å². The highest BCUT2D eigenvalue weighted by Crippen LogP contribution is 2.35. The summed E-state index contributed by atoms with van der Waals surface area (Å²) in [5, 5.41) is 23.0. The van der Waals surface area contributed by atoms with Crippen molar-refractivity contribution in [1.82, 2.24) is 5.32 Å². The van der Waals surface area contributed by atoms with E-state index in [1.807, 2.05) is 4.90 Å². The summed E-state index contributed by atoms with van der Waals surface area (Å²) in [6.07, 6.45) is 2.97. The molecule has 21 heavy (non-hydrogen) atoms. The Hall–Kier alpha value is -2.15. The quantitative estimate of drug-likeness (QED) is 0.609. The van der Waals surface area contributed by atoms with E-state index in [0.717, 1.165) is 19.3 Å². The fourth-order valence-corrected chi connectivity index (χ4v) is 2.50. The third-order valence-electron chi connectivity index (χ3n) is 3.83. The van der Waals surface area contributed by atoms with Gasteiger partial charge in [0.1, 0.15) is 5.69 Å². The lowest BCUT2D eigenvalue weighted by molar-refractivity contribution is -0.384. The zero-order valence-electron chi connectivity index (χ0n) is 11.9. The second kappa shape index (κ2) is 6.53. The van der Waals surface area contributed by atoms with Crippen LogP contribution in [0.3, 0.4) is 0 Å². The van der Waals surface area contributed by atoms with E-state index in [-0.39, 0.29) is 24.2 Å². The van der Waals surface area contributed by atoms with E-state index in [1.54, 1.807) is 0 Å². The highest BCUT2D eigenvalue weighted by Gasteiger charge is 2.30. The Labute approximate surface area is 122 Å². The first-order valence-electron chi connectivity index (χ1n) is 6.96. The number of nitrogens with one attached hydrogen (secondary N) is 1. The van der Waals surface area contributed by atoms with Crippen molar-refractivity contribution in [3.8, 4) is 0 Å². The van der Waals surface area contributed by atoms with Crippen molar-refractivity contribution in [2.75, 3.05) is 25.1 Å². The molecule has 1 aromatic carbocycles. The Morgan fingerprint density at radius 1 is 1.52 bits per heavy atom. The number of hydrogen-bond acceptors (Lipinski definition) is 5. The lowest BCUT2D eigenvalue weighted by atomic mass is 9.90. The van der Waals surface area contributed by atoms with Crippen molar-refractivity contribution >= 4 is 17.3 Å². The molecule has 7 heteroatoms. The van der Waals surface area contributed by atoms with Crippen molar-refractivity contribution in [3.05, 3.63) is 33.9 Å². The molecular formula is C14H19N3O4. The van der Waals surface area contributed by atoms with E-state index in [4.69, 9.17) is 0 Å². The summed E-state index contributed by atoms with van der Waals surface area (Å²) in [7, 11) is 1.51. The maximum Gasteiger partial charge on any atom is 0.292 e. The summed E-state index contributed by atoms with van der Waals surface area (Å²) in [5.74, 6) is -0.288. The van der Waals surface area contributed by atoms with Crippen LogP contribution in [0.2, 0.25) is 0 Å². The molecular weight excluding hydrogens is 274 g/mol. The first-order chi connectivity index (χ1) is 10.1. The number of amides is 1. The van der Waals surface area contributed by atoms with Crippen LogP contribution in [0.25, 0.3) is 0 Å². The molecule has 0 bridgehead atoms. The zero-order chi connectivity index (χ0) is 15.4. The smallest absolute Gasteiger partial charge is 0.292 e. The van der Waals surface area contributed by atoms with Crippen LogP contribution >= 0.6 is 0 Å². The van der Waals surface area contributed by atoms with Gasteiger partial charge in [-0.25, -0.2) is 0 Å². The van der Waals surface area contributed by atoms with E-state index in [9.17, 15) is 20.0 Å². The molecule has 2 rings (SSSR count). The number of carbonyl (C=O) groups excluding carboxylic acids is 1. The monoisotopic (exact) mass is 293 g/mol. The maximum atomic E-state index is 11.7. The standard InChI is InChI=1S/C14H19N3O4/c1-15-14(19)10-5-6-12(17(20)21)13(9-10)16(7-8-18)11-3-2-4-11/h5-6,9,11,18H,2-4,7-8H2,1H3,(H,15,19). The number of anilines is 1. The first kappa shape index (κ1) is 15.2. The molecule has 2 N–H and O–H groups in total. The normalized spacial score (nSPS) is 14.4. The second-order valence-corrected chi connectivity index (χ2v) is 5.04. The number of nitro groups is 1. The van der Waals surface area contributed by atoms with Gasteiger partial charge in [0.15, 0.2) is 0 Å². The number of aliphatic hydroxyl groups is 1. The molecule has 0 aliphatic heterocycles. The van der Waals surface area contributed by atoms with Crippen LogP contribution < -0.4 is 10.2 Å². The number of carbonyl (C=O) groups is 1. The van der Waals surface area contributed by atoms with Crippen molar-refractivity contribution < 1.29 is 14.8 Å². The first-order valence-corrected chi connectivity index (χ1v) is 6.96. The van der Waals surface area contributed by atoms with Crippen LogP contribution in [0.4, 0.5) is 11.4 Å². The minimum Gasteiger partial charge on any atom is -0.395 e. The van der Waals surface area contributed by atoms with Gasteiger partial charge in [0.2, 0.25) is 0 Å². The Bertz CT molecular complexity index is 543. The van der Waals surface area contributed by atoms with Gasteiger partial charge in [-0.1, -0.05) is 0 Å². The molecule has 1 amide bonds. The van der Waals surface area contributed by atoms with Crippen molar-refractivity contribution in [1.29, 1.82) is 0 Å². The Morgan fingerprint density at radius 2 is 2.24 bits per heavy atom. The van der Waals surface area contributed by atoms with Gasteiger partial charge in [0.05, 0.1) is 11.5 Å². The number of nitro benzene ring substituents is 1. The van der Waals surface area contributed by atoms with Gasteiger partial charge in [-0.05, 0) is 31.4 Å². The minimum atomic E-state index is -0.452. The lowest BCUT2D eigenvalue weighted by Gasteiger charge is -2.38. The Kier molecular flexibility index (Phi) is 4.74. The third kappa shape index (κ3) is 3.13. The highest BCUT2D eigenvalue weighted by atomic mass is 16.6. The molecule has 1 aliphatic rings. The van der Waals surface area contributed by atoms with Gasteiger partial charge in [-0.2, -0.15) is 0 Å². The van der Waals surface area contributed by atoms with E-state index >= 15 is 0 Å². The van der Waals surface area contributed by atoms with Gasteiger partial charge in [0.25, 0.3) is 11.6 Å². The topological polar surface area (TPSA) is 95.7 Å². The molecule has 0 saturated heterocycles. The second-order valence-electron chi connectivity index (χ2n) is 5.04. The molecule has 7 nitrogen and oxygen atoms in total. The SMILES string of the molecule is CNC(=O)c1ccc([N+](=O)[O-])c(N(CCO)C2CCC2)c1. The van der Waals surface area contributed by atoms with E-state index in [1.165, 1.54) is 25.2 Å².